The van der Waals surface area contributed by atoms with Crippen molar-refractivity contribution < 1.29 is 0 Å². The van der Waals surface area contributed by atoms with Gasteiger partial charge in [-0.2, -0.15) is 5.10 Å². The zero-order valence-corrected chi connectivity index (χ0v) is 14.9. The summed E-state index contributed by atoms with van der Waals surface area (Å²) in [5.41, 5.74) is 3.99. The highest BCUT2D eigenvalue weighted by molar-refractivity contribution is 7.67. The van der Waals surface area contributed by atoms with Gasteiger partial charge in [0.25, 0.3) is 0 Å². The van der Waals surface area contributed by atoms with Gasteiger partial charge in [-0.1, -0.05) is 59.9 Å². The van der Waals surface area contributed by atoms with Gasteiger partial charge in [0.05, 0.1) is 5.69 Å². The van der Waals surface area contributed by atoms with Gasteiger partial charge in [0.15, 0.2) is 0 Å². The second-order valence-electron chi connectivity index (χ2n) is 6.37. The molecule has 0 fully saturated rings. The first-order valence-electron chi connectivity index (χ1n) is 7.84. The number of benzene rings is 1. The molecular formula is C18H27N2P. The van der Waals surface area contributed by atoms with E-state index in [0.717, 1.165) is 0 Å². The Hall–Kier alpha value is -1.14. The van der Waals surface area contributed by atoms with Crippen molar-refractivity contribution in [2.24, 2.45) is 0 Å². The summed E-state index contributed by atoms with van der Waals surface area (Å²) in [4.78, 5) is 0. The van der Waals surface area contributed by atoms with Crippen LogP contribution >= 0.6 is 7.92 Å². The van der Waals surface area contributed by atoms with Crippen LogP contribution in [0.3, 0.4) is 0 Å². The minimum Gasteiger partial charge on any atom is -0.262 e. The van der Waals surface area contributed by atoms with E-state index in [1.807, 2.05) is 6.20 Å². The minimum absolute atomic E-state index is 0.172. The third kappa shape index (κ3) is 3.37. The van der Waals surface area contributed by atoms with Crippen molar-refractivity contribution in [2.45, 2.75) is 58.9 Å². The maximum absolute atomic E-state index is 4.51. The minimum atomic E-state index is -0.172. The van der Waals surface area contributed by atoms with E-state index in [-0.39, 0.29) is 7.92 Å². The molecule has 0 saturated heterocycles. The van der Waals surface area contributed by atoms with E-state index in [1.54, 1.807) is 0 Å². The van der Waals surface area contributed by atoms with Gasteiger partial charge in [-0.25, -0.2) is 0 Å². The second-order valence-corrected chi connectivity index (χ2v) is 9.73. The molecule has 2 aromatic rings. The van der Waals surface area contributed by atoms with Crippen LogP contribution in [0.4, 0.5) is 0 Å². The van der Waals surface area contributed by atoms with Crippen LogP contribution in [0.2, 0.25) is 0 Å². The van der Waals surface area contributed by atoms with E-state index < -0.39 is 0 Å². The fourth-order valence-electron chi connectivity index (χ4n) is 3.01. The molecule has 0 aliphatic heterocycles. The van der Waals surface area contributed by atoms with Gasteiger partial charge < -0.3 is 0 Å². The quantitative estimate of drug-likeness (QED) is 0.706. The summed E-state index contributed by atoms with van der Waals surface area (Å²) in [6.07, 6.45) is 1.92. The van der Waals surface area contributed by atoms with Crippen molar-refractivity contribution in [1.82, 2.24) is 9.78 Å². The van der Waals surface area contributed by atoms with Crippen molar-refractivity contribution in [1.29, 1.82) is 0 Å². The smallest absolute Gasteiger partial charge is 0.0691 e. The normalized spacial score (nSPS) is 12.1. The molecule has 2 nitrogen and oxygen atoms in total. The van der Waals surface area contributed by atoms with Gasteiger partial charge in [0.1, 0.15) is 0 Å². The van der Waals surface area contributed by atoms with E-state index >= 15 is 0 Å². The molecule has 1 heterocycles. The van der Waals surface area contributed by atoms with Crippen LogP contribution in [0, 0.1) is 0 Å². The molecule has 0 amide bonds. The van der Waals surface area contributed by atoms with Gasteiger partial charge in [-0.05, 0) is 36.5 Å². The Morgan fingerprint density at radius 3 is 2.10 bits per heavy atom. The van der Waals surface area contributed by atoms with Gasteiger partial charge in [0, 0.05) is 17.8 Å². The maximum Gasteiger partial charge on any atom is 0.0691 e. The summed E-state index contributed by atoms with van der Waals surface area (Å²) in [5, 5.41) is 6.02. The van der Waals surface area contributed by atoms with Crippen LogP contribution in [0.25, 0.3) is 11.3 Å². The molecule has 0 spiro atoms. The Bertz CT molecular complexity index is 576. The second kappa shape index (κ2) is 6.75. The average molecular weight is 302 g/mol. The largest absolute Gasteiger partial charge is 0.262 e. The van der Waals surface area contributed by atoms with Gasteiger partial charge in [-0.3, -0.25) is 4.68 Å². The zero-order valence-electron chi connectivity index (χ0n) is 14.0. The molecule has 114 valence electrons. The van der Waals surface area contributed by atoms with Crippen LogP contribution in [0.5, 0.6) is 0 Å². The Morgan fingerprint density at radius 2 is 1.52 bits per heavy atom. The Morgan fingerprint density at radius 1 is 0.905 bits per heavy atom. The molecular weight excluding hydrogens is 275 g/mol. The lowest BCUT2D eigenvalue weighted by Gasteiger charge is -2.28. The fourth-order valence-corrected chi connectivity index (χ4v) is 6.04. The molecule has 1 aromatic heterocycles. The highest BCUT2D eigenvalue weighted by Crippen LogP contribution is 2.47. The van der Waals surface area contributed by atoms with Crippen LogP contribution in [0.1, 0.15) is 47.6 Å². The SMILES string of the molecule is CC(C)n1nccc1-c1ccccc1P(C(C)C)C(C)C. The Labute approximate surface area is 130 Å². The van der Waals surface area contributed by atoms with Crippen LogP contribution in [-0.2, 0) is 0 Å². The first kappa shape index (κ1) is 16.2. The van der Waals surface area contributed by atoms with Crippen LogP contribution in [-0.4, -0.2) is 21.1 Å². The predicted octanol–water partition coefficient (Wildman–Crippen LogP) is 5.06. The fraction of sp³-hybridized carbons (Fsp3) is 0.500. The molecule has 1 aromatic carbocycles. The standard InChI is InChI=1S/C18H27N2P/c1-13(2)20-17(11-12-19-20)16-9-7-8-10-18(16)21(14(3)4)15(5)6/h7-15H,1-6H3. The number of rotatable bonds is 5. The molecule has 0 bridgehead atoms. The average Bonchev–Trinajstić information content (AvgIpc) is 2.87. The number of hydrogen-bond donors (Lipinski definition) is 0. The molecule has 3 heteroatoms. The highest BCUT2D eigenvalue weighted by Gasteiger charge is 2.23. The molecule has 0 atom stereocenters. The lowest BCUT2D eigenvalue weighted by atomic mass is 10.1. The van der Waals surface area contributed by atoms with E-state index in [1.165, 1.54) is 16.6 Å². The van der Waals surface area contributed by atoms with E-state index in [0.29, 0.717) is 17.4 Å². The molecule has 2 rings (SSSR count). The van der Waals surface area contributed by atoms with Crippen molar-refractivity contribution >= 4 is 13.2 Å². The van der Waals surface area contributed by atoms with Crippen LogP contribution < -0.4 is 5.30 Å². The summed E-state index contributed by atoms with van der Waals surface area (Å²) < 4.78 is 2.13. The summed E-state index contributed by atoms with van der Waals surface area (Å²) in [5.74, 6) is 0. The Kier molecular flexibility index (Phi) is 5.22. The van der Waals surface area contributed by atoms with E-state index in [9.17, 15) is 0 Å². The molecule has 0 N–H and O–H groups in total. The monoisotopic (exact) mass is 302 g/mol. The number of aromatic nitrogens is 2. The van der Waals surface area contributed by atoms with Gasteiger partial charge in [-0.15, -0.1) is 0 Å². The molecule has 0 aliphatic rings. The first-order chi connectivity index (χ1) is 9.93. The third-order valence-corrected chi connectivity index (χ3v) is 6.90. The highest BCUT2D eigenvalue weighted by atomic mass is 31.1. The number of nitrogens with zero attached hydrogens (tertiary/aromatic N) is 2. The van der Waals surface area contributed by atoms with Crippen molar-refractivity contribution in [2.75, 3.05) is 0 Å². The van der Waals surface area contributed by atoms with E-state index in [4.69, 9.17) is 0 Å². The maximum atomic E-state index is 4.51. The van der Waals surface area contributed by atoms with Crippen LogP contribution in [0.15, 0.2) is 36.5 Å². The lowest BCUT2D eigenvalue weighted by molar-refractivity contribution is 0.539. The molecule has 0 saturated carbocycles. The van der Waals surface area contributed by atoms with Crippen molar-refractivity contribution in [3.8, 4) is 11.3 Å². The Balaban J connectivity index is 2.58. The van der Waals surface area contributed by atoms with E-state index in [2.05, 4.69) is 81.7 Å². The number of hydrogen-bond acceptors (Lipinski definition) is 1. The molecule has 21 heavy (non-hydrogen) atoms. The zero-order chi connectivity index (χ0) is 15.6. The molecule has 0 unspecified atom stereocenters. The van der Waals surface area contributed by atoms with Crippen molar-refractivity contribution in [3.05, 3.63) is 36.5 Å². The third-order valence-electron chi connectivity index (χ3n) is 3.73. The summed E-state index contributed by atoms with van der Waals surface area (Å²) in [6, 6.07) is 11.4. The van der Waals surface area contributed by atoms with Crippen molar-refractivity contribution in [3.63, 3.8) is 0 Å². The van der Waals surface area contributed by atoms with Gasteiger partial charge >= 0.3 is 0 Å². The predicted molar refractivity (Wildman–Crippen MR) is 94.9 cm³/mol. The lowest BCUT2D eigenvalue weighted by Crippen LogP contribution is -2.18. The molecule has 0 aliphatic carbocycles. The van der Waals surface area contributed by atoms with Gasteiger partial charge in [0.2, 0.25) is 0 Å². The summed E-state index contributed by atoms with van der Waals surface area (Å²) in [6.45, 7) is 13.8. The molecule has 0 radical (unpaired) electrons. The topological polar surface area (TPSA) is 17.8 Å². The first-order valence-corrected chi connectivity index (χ1v) is 9.32. The summed E-state index contributed by atoms with van der Waals surface area (Å²) >= 11 is 0. The summed E-state index contributed by atoms with van der Waals surface area (Å²) in [7, 11) is -0.172.